The van der Waals surface area contributed by atoms with Crippen LogP contribution in [-0.4, -0.2) is 11.8 Å². The minimum atomic E-state index is -4.73. The van der Waals surface area contributed by atoms with Crippen LogP contribution in [0.25, 0.3) is 0 Å². The Balaban J connectivity index is 1.41. The van der Waals surface area contributed by atoms with Crippen LogP contribution in [0, 0.1) is 5.82 Å². The lowest BCUT2D eigenvalue weighted by Crippen LogP contribution is -2.30. The van der Waals surface area contributed by atoms with E-state index in [0.717, 1.165) is 21.7 Å². The third-order valence-corrected chi connectivity index (χ3v) is 7.30. The summed E-state index contributed by atoms with van der Waals surface area (Å²) in [7, 11) is 0. The first-order valence-electron chi connectivity index (χ1n) is 11.0. The van der Waals surface area contributed by atoms with Crippen LogP contribution in [0.2, 0.25) is 5.02 Å². The lowest BCUT2D eigenvalue weighted by atomic mass is 10.1. The van der Waals surface area contributed by atoms with Gasteiger partial charge < -0.3 is 10.2 Å². The van der Waals surface area contributed by atoms with Gasteiger partial charge in [0.15, 0.2) is 0 Å². The molecule has 5 rings (SSSR count). The molecule has 0 spiro atoms. The van der Waals surface area contributed by atoms with Gasteiger partial charge in [0.1, 0.15) is 5.82 Å². The summed E-state index contributed by atoms with van der Waals surface area (Å²) >= 11 is 7.98. The summed E-state index contributed by atoms with van der Waals surface area (Å²) in [6, 6.07) is 15.4. The lowest BCUT2D eigenvalue weighted by Gasteiger charge is -2.23. The molecule has 188 valence electrons. The molecule has 1 N–H and O–H groups in total. The van der Waals surface area contributed by atoms with E-state index in [0.29, 0.717) is 31.2 Å². The Morgan fingerprint density at radius 3 is 2.49 bits per heavy atom. The maximum absolute atomic E-state index is 14.1. The summed E-state index contributed by atoms with van der Waals surface area (Å²) in [5.41, 5.74) is 1.28. The molecule has 0 atom stereocenters. The summed E-state index contributed by atoms with van der Waals surface area (Å²) in [6.07, 6.45) is -4.03. The van der Waals surface area contributed by atoms with E-state index in [1.165, 1.54) is 18.2 Å². The molecule has 1 aliphatic heterocycles. The fourth-order valence-corrected chi connectivity index (χ4v) is 5.34. The molecule has 0 radical (unpaired) electrons. The SMILES string of the molecule is O=C(Nc1ccc(C(=O)N2Cc3sccc3Cc3ccccc32)c(Cl)c1)c1cc(C(F)(F)F)ccc1F. The predicted octanol–water partition coefficient (Wildman–Crippen LogP) is 7.56. The van der Waals surface area contributed by atoms with Crippen molar-refractivity contribution in [3.8, 4) is 0 Å². The zero-order valence-corrected chi connectivity index (χ0v) is 20.5. The molecule has 0 aliphatic carbocycles. The number of thiophene rings is 1. The number of para-hydroxylation sites is 1. The Morgan fingerprint density at radius 1 is 0.946 bits per heavy atom. The molecule has 0 saturated heterocycles. The first-order valence-corrected chi connectivity index (χ1v) is 12.3. The quantitative estimate of drug-likeness (QED) is 0.271. The highest BCUT2D eigenvalue weighted by Gasteiger charge is 2.32. The van der Waals surface area contributed by atoms with Crippen LogP contribution in [0.15, 0.2) is 72.1 Å². The Bertz CT molecular complexity index is 1530. The van der Waals surface area contributed by atoms with E-state index in [4.69, 9.17) is 11.6 Å². The van der Waals surface area contributed by atoms with Gasteiger partial charge in [-0.3, -0.25) is 9.59 Å². The fourth-order valence-electron chi connectivity index (χ4n) is 4.19. The van der Waals surface area contributed by atoms with Crippen molar-refractivity contribution in [1.29, 1.82) is 0 Å². The molecule has 2 heterocycles. The van der Waals surface area contributed by atoms with Crippen molar-refractivity contribution in [1.82, 2.24) is 0 Å². The minimum Gasteiger partial charge on any atom is -0.322 e. The van der Waals surface area contributed by atoms with Gasteiger partial charge in [-0.05, 0) is 65.0 Å². The minimum absolute atomic E-state index is 0.0282. The largest absolute Gasteiger partial charge is 0.416 e. The van der Waals surface area contributed by atoms with Crippen molar-refractivity contribution < 1.29 is 27.2 Å². The Labute approximate surface area is 218 Å². The Morgan fingerprint density at radius 2 is 1.73 bits per heavy atom. The van der Waals surface area contributed by atoms with Gasteiger partial charge in [0.2, 0.25) is 0 Å². The van der Waals surface area contributed by atoms with Gasteiger partial charge in [0.05, 0.1) is 28.3 Å². The highest BCUT2D eigenvalue weighted by molar-refractivity contribution is 7.10. The van der Waals surface area contributed by atoms with Gasteiger partial charge in [-0.15, -0.1) is 11.3 Å². The van der Waals surface area contributed by atoms with Crippen molar-refractivity contribution in [3.05, 3.63) is 116 Å². The first kappa shape index (κ1) is 25.0. The smallest absolute Gasteiger partial charge is 0.322 e. The molecule has 1 aromatic heterocycles. The van der Waals surface area contributed by atoms with E-state index >= 15 is 0 Å². The van der Waals surface area contributed by atoms with Crippen LogP contribution in [0.4, 0.5) is 28.9 Å². The number of hydrogen-bond acceptors (Lipinski definition) is 3. The van der Waals surface area contributed by atoms with Crippen molar-refractivity contribution in [2.75, 3.05) is 10.2 Å². The van der Waals surface area contributed by atoms with E-state index in [2.05, 4.69) is 5.32 Å². The normalized spacial score (nSPS) is 12.9. The maximum atomic E-state index is 14.1. The van der Waals surface area contributed by atoms with Crippen molar-refractivity contribution >= 4 is 46.1 Å². The number of carbonyl (C=O) groups is 2. The number of amides is 2. The number of hydrogen-bond donors (Lipinski definition) is 1. The number of benzene rings is 3. The number of rotatable bonds is 3. The molecular weight excluding hydrogens is 528 g/mol. The molecule has 2 amide bonds. The standard InChI is InChI=1S/C27H17ClF4N2O2S/c28-21-13-18(33-25(35)20-12-17(27(30,31)32)5-8-22(20)29)6-7-19(21)26(36)34-14-24-16(9-10-37-24)11-15-3-1-2-4-23(15)34/h1-10,12-13H,11,14H2,(H,33,35). The van der Waals surface area contributed by atoms with E-state index in [1.54, 1.807) is 16.2 Å². The third kappa shape index (κ3) is 4.97. The molecule has 0 fully saturated rings. The molecule has 1 aliphatic rings. The monoisotopic (exact) mass is 544 g/mol. The van der Waals surface area contributed by atoms with Crippen LogP contribution < -0.4 is 10.2 Å². The summed E-state index contributed by atoms with van der Waals surface area (Å²) in [5.74, 6) is -2.53. The maximum Gasteiger partial charge on any atom is 0.416 e. The molecule has 4 nitrogen and oxygen atoms in total. The van der Waals surface area contributed by atoms with Gasteiger partial charge in [-0.25, -0.2) is 4.39 Å². The fraction of sp³-hybridized carbons (Fsp3) is 0.111. The highest BCUT2D eigenvalue weighted by Crippen LogP contribution is 2.35. The van der Waals surface area contributed by atoms with Gasteiger partial charge in [0.25, 0.3) is 11.8 Å². The molecule has 3 aromatic carbocycles. The first-order chi connectivity index (χ1) is 17.6. The second-order valence-electron chi connectivity index (χ2n) is 8.41. The summed E-state index contributed by atoms with van der Waals surface area (Å²) in [6.45, 7) is 0.368. The van der Waals surface area contributed by atoms with E-state index in [1.807, 2.05) is 35.7 Å². The average molecular weight is 545 g/mol. The van der Waals surface area contributed by atoms with Crippen molar-refractivity contribution in [2.24, 2.45) is 0 Å². The van der Waals surface area contributed by atoms with Gasteiger partial charge in [-0.2, -0.15) is 13.2 Å². The molecule has 0 unspecified atom stereocenters. The highest BCUT2D eigenvalue weighted by atomic mass is 35.5. The number of nitrogens with one attached hydrogen (secondary N) is 1. The van der Waals surface area contributed by atoms with E-state index < -0.39 is 29.0 Å². The van der Waals surface area contributed by atoms with Crippen LogP contribution >= 0.6 is 22.9 Å². The van der Waals surface area contributed by atoms with Crippen molar-refractivity contribution in [3.63, 3.8) is 0 Å². The summed E-state index contributed by atoms with van der Waals surface area (Å²) in [5, 5.41) is 4.36. The molecule has 10 heteroatoms. The van der Waals surface area contributed by atoms with Crippen LogP contribution in [-0.2, 0) is 19.1 Å². The second kappa shape index (κ2) is 9.64. The molecule has 0 saturated carbocycles. The summed E-state index contributed by atoms with van der Waals surface area (Å²) in [4.78, 5) is 28.8. The number of fused-ring (bicyclic) bond motifs is 2. The Kier molecular flexibility index (Phi) is 6.51. The summed E-state index contributed by atoms with van der Waals surface area (Å²) < 4.78 is 53.1. The van der Waals surface area contributed by atoms with Gasteiger partial charge in [0, 0.05) is 22.7 Å². The topological polar surface area (TPSA) is 49.4 Å². The number of carbonyl (C=O) groups excluding carboxylic acids is 2. The van der Waals surface area contributed by atoms with Crippen LogP contribution in [0.3, 0.4) is 0 Å². The molecule has 37 heavy (non-hydrogen) atoms. The molecule has 0 bridgehead atoms. The average Bonchev–Trinajstić information content (AvgIpc) is 3.22. The number of nitrogens with zero attached hydrogens (tertiary/aromatic N) is 1. The number of anilines is 2. The molecule has 4 aromatic rings. The van der Waals surface area contributed by atoms with E-state index in [9.17, 15) is 27.2 Å². The Hall–Kier alpha value is -3.69. The second-order valence-corrected chi connectivity index (χ2v) is 9.81. The van der Waals surface area contributed by atoms with Crippen LogP contribution in [0.5, 0.6) is 0 Å². The molecular formula is C27H17ClF4N2O2S. The van der Waals surface area contributed by atoms with Gasteiger partial charge in [-0.1, -0.05) is 29.8 Å². The third-order valence-electron chi connectivity index (χ3n) is 6.04. The van der Waals surface area contributed by atoms with Gasteiger partial charge >= 0.3 is 6.18 Å². The zero-order valence-electron chi connectivity index (χ0n) is 18.9. The van der Waals surface area contributed by atoms with E-state index in [-0.39, 0.29) is 22.2 Å². The predicted molar refractivity (Wildman–Crippen MR) is 135 cm³/mol. The number of alkyl halides is 3. The zero-order chi connectivity index (χ0) is 26.3. The van der Waals surface area contributed by atoms with Crippen LogP contribution in [0.1, 0.15) is 42.3 Å². The lowest BCUT2D eigenvalue weighted by molar-refractivity contribution is -0.137. The van der Waals surface area contributed by atoms with Crippen molar-refractivity contribution in [2.45, 2.75) is 19.1 Å². The number of halogens is 5.